The molecule has 1 amide bonds. The summed E-state index contributed by atoms with van der Waals surface area (Å²) in [7, 11) is -2.88. The monoisotopic (exact) mass is 409 g/mol. The van der Waals surface area contributed by atoms with E-state index < -0.39 is 7.52 Å². The first-order chi connectivity index (χ1) is 13.6. The molecule has 7 nitrogen and oxygen atoms in total. The summed E-state index contributed by atoms with van der Waals surface area (Å²) in [5.41, 5.74) is 0.897. The van der Waals surface area contributed by atoms with Crippen molar-refractivity contribution in [3.05, 3.63) is 36.2 Å². The second-order valence-electron chi connectivity index (χ2n) is 6.72. The van der Waals surface area contributed by atoms with Crippen LogP contribution in [0.5, 0.6) is 0 Å². The van der Waals surface area contributed by atoms with Crippen LogP contribution in [0.4, 0.5) is 0 Å². The number of carbonyl (C=O) groups is 1. The minimum Gasteiger partial charge on any atom is -0.353 e. The van der Waals surface area contributed by atoms with Gasteiger partial charge in [0, 0.05) is 37.7 Å². The fourth-order valence-corrected chi connectivity index (χ4v) is 5.18. The molecule has 0 radical (unpaired) electrons. The third-order valence-electron chi connectivity index (χ3n) is 4.43. The number of hydroxylamine groups is 1. The summed E-state index contributed by atoms with van der Waals surface area (Å²) >= 11 is 0. The molecule has 1 saturated heterocycles. The molecule has 1 aromatic rings. The van der Waals surface area contributed by atoms with Gasteiger partial charge in [-0.25, -0.2) is 0 Å². The number of nitrogens with one attached hydrogen (secondary N) is 1. The molecule has 1 fully saturated rings. The Labute approximate surface area is 168 Å². The highest BCUT2D eigenvalue weighted by atomic mass is 31.2. The lowest BCUT2D eigenvalue weighted by Gasteiger charge is -2.32. The van der Waals surface area contributed by atoms with Crippen LogP contribution in [0.3, 0.4) is 0 Å². The van der Waals surface area contributed by atoms with Crippen LogP contribution in [0.25, 0.3) is 6.08 Å². The largest absolute Gasteiger partial charge is 0.353 e. The summed E-state index contributed by atoms with van der Waals surface area (Å²) < 4.78 is 18.6. The second-order valence-corrected chi connectivity index (χ2v) is 9.15. The van der Waals surface area contributed by atoms with E-state index in [1.165, 1.54) is 6.08 Å². The van der Waals surface area contributed by atoms with Crippen LogP contribution in [-0.2, 0) is 18.7 Å². The number of carbonyl (C=O) groups excluding carboxylic acids is 1. The lowest BCUT2D eigenvalue weighted by atomic mass is 10.2. The van der Waals surface area contributed by atoms with Gasteiger partial charge in [-0.1, -0.05) is 18.9 Å². The van der Waals surface area contributed by atoms with E-state index >= 15 is 0 Å². The number of hydrogen-bond donors (Lipinski definition) is 1. The van der Waals surface area contributed by atoms with E-state index in [1.54, 1.807) is 23.3 Å². The lowest BCUT2D eigenvalue weighted by Crippen LogP contribution is -2.29. The van der Waals surface area contributed by atoms with Crippen molar-refractivity contribution in [3.8, 4) is 0 Å². The van der Waals surface area contributed by atoms with Crippen LogP contribution in [0.1, 0.15) is 51.0 Å². The van der Waals surface area contributed by atoms with Gasteiger partial charge >= 0.3 is 0 Å². The minimum absolute atomic E-state index is 0.105. The van der Waals surface area contributed by atoms with E-state index in [0.717, 1.165) is 44.1 Å². The van der Waals surface area contributed by atoms with Crippen molar-refractivity contribution < 1.29 is 18.7 Å². The third-order valence-corrected chi connectivity index (χ3v) is 6.97. The molecule has 156 valence electrons. The Morgan fingerprint density at radius 3 is 2.93 bits per heavy atom. The Kier molecular flexibility index (Phi) is 10.4. The van der Waals surface area contributed by atoms with Gasteiger partial charge in [-0.15, -0.1) is 4.83 Å². The Morgan fingerprint density at radius 1 is 1.36 bits per heavy atom. The first kappa shape index (κ1) is 22.8. The van der Waals surface area contributed by atoms with Crippen LogP contribution in [0.2, 0.25) is 0 Å². The number of rotatable bonds is 12. The van der Waals surface area contributed by atoms with Crippen LogP contribution < -0.4 is 5.32 Å². The second kappa shape index (κ2) is 12.8. The smallest absolute Gasteiger partial charge is 0.294 e. The molecular formula is C20H32N3O4P. The fourth-order valence-electron chi connectivity index (χ4n) is 2.97. The Balaban J connectivity index is 1.58. The summed E-state index contributed by atoms with van der Waals surface area (Å²) in [4.78, 5) is 22.9. The maximum Gasteiger partial charge on any atom is 0.294 e. The molecule has 1 atom stereocenters. The molecule has 1 aliphatic rings. The topological polar surface area (TPSA) is 80.8 Å². The standard InChI is InChI=1S/C20H32N3O4P/c1-2-27-28(25,23-15-6-7-16-26-23)17-8-4-3-5-14-22-20(24)12-11-19-10-9-13-21-18-19/h9-13,18H,2-8,14-17H2,1H3,(H,22,24). The van der Waals surface area contributed by atoms with E-state index in [-0.39, 0.29) is 5.91 Å². The third kappa shape index (κ3) is 8.23. The molecule has 0 saturated carbocycles. The summed E-state index contributed by atoms with van der Waals surface area (Å²) in [6.45, 7) is 4.22. The zero-order chi connectivity index (χ0) is 20.1. The zero-order valence-corrected chi connectivity index (χ0v) is 17.6. The van der Waals surface area contributed by atoms with Gasteiger partial charge in [0.05, 0.1) is 13.2 Å². The number of amides is 1. The van der Waals surface area contributed by atoms with Crippen molar-refractivity contribution in [1.82, 2.24) is 15.1 Å². The van der Waals surface area contributed by atoms with E-state index in [0.29, 0.717) is 32.5 Å². The first-order valence-corrected chi connectivity index (χ1v) is 11.9. The highest BCUT2D eigenvalue weighted by Crippen LogP contribution is 2.52. The van der Waals surface area contributed by atoms with Crippen molar-refractivity contribution in [2.45, 2.75) is 45.4 Å². The summed E-state index contributed by atoms with van der Waals surface area (Å²) in [5.74, 6) is -0.105. The summed E-state index contributed by atoms with van der Waals surface area (Å²) in [6, 6.07) is 3.73. The zero-order valence-electron chi connectivity index (χ0n) is 16.7. The molecule has 1 aromatic heterocycles. The molecule has 0 aliphatic carbocycles. The Hall–Kier alpha value is -1.53. The first-order valence-electron chi connectivity index (χ1n) is 10.1. The predicted octanol–water partition coefficient (Wildman–Crippen LogP) is 4.03. The van der Waals surface area contributed by atoms with Crippen LogP contribution in [0, 0.1) is 0 Å². The minimum atomic E-state index is -2.88. The van der Waals surface area contributed by atoms with Crippen LogP contribution in [0.15, 0.2) is 30.6 Å². The number of hydrogen-bond acceptors (Lipinski definition) is 5. The SMILES string of the molecule is CCOP(=O)(CCCCCCNC(=O)C=Cc1cccnc1)N1CCCCO1. The highest BCUT2D eigenvalue weighted by Gasteiger charge is 2.33. The average Bonchev–Trinajstić information content (AvgIpc) is 2.73. The lowest BCUT2D eigenvalue weighted by molar-refractivity contribution is -0.120. The van der Waals surface area contributed by atoms with E-state index in [2.05, 4.69) is 10.3 Å². The van der Waals surface area contributed by atoms with E-state index in [4.69, 9.17) is 9.36 Å². The molecule has 1 unspecified atom stereocenters. The van der Waals surface area contributed by atoms with E-state index in [9.17, 15) is 9.36 Å². The van der Waals surface area contributed by atoms with Crippen molar-refractivity contribution in [2.75, 3.05) is 32.5 Å². The van der Waals surface area contributed by atoms with E-state index in [1.807, 2.05) is 19.1 Å². The Bertz CT molecular complexity index is 648. The number of pyridine rings is 1. The molecule has 0 spiro atoms. The quantitative estimate of drug-likeness (QED) is 0.319. The molecule has 0 bridgehead atoms. The maximum absolute atomic E-state index is 13.0. The van der Waals surface area contributed by atoms with Crippen LogP contribution >= 0.6 is 7.52 Å². The molecule has 28 heavy (non-hydrogen) atoms. The van der Waals surface area contributed by atoms with Gasteiger partial charge in [0.1, 0.15) is 0 Å². The number of aromatic nitrogens is 1. The van der Waals surface area contributed by atoms with Crippen molar-refractivity contribution in [1.29, 1.82) is 0 Å². The van der Waals surface area contributed by atoms with Gasteiger partial charge in [0.25, 0.3) is 7.52 Å². The van der Waals surface area contributed by atoms with Gasteiger partial charge < -0.3 is 9.84 Å². The van der Waals surface area contributed by atoms with Gasteiger partial charge in [-0.3, -0.25) is 19.2 Å². The number of unbranched alkanes of at least 4 members (excludes halogenated alkanes) is 3. The Morgan fingerprint density at radius 2 is 2.21 bits per heavy atom. The van der Waals surface area contributed by atoms with Gasteiger partial charge in [0.2, 0.25) is 5.91 Å². The van der Waals surface area contributed by atoms with Crippen LogP contribution in [-0.4, -0.2) is 48.2 Å². The predicted molar refractivity (Wildman–Crippen MR) is 111 cm³/mol. The normalized spacial score (nSPS) is 17.5. The van der Waals surface area contributed by atoms with Gasteiger partial charge in [-0.05, 0) is 50.3 Å². The van der Waals surface area contributed by atoms with Crippen molar-refractivity contribution in [2.24, 2.45) is 0 Å². The van der Waals surface area contributed by atoms with Gasteiger partial charge in [0.15, 0.2) is 0 Å². The highest BCUT2D eigenvalue weighted by molar-refractivity contribution is 7.56. The molecule has 8 heteroatoms. The average molecular weight is 409 g/mol. The molecule has 1 N–H and O–H groups in total. The van der Waals surface area contributed by atoms with Crippen molar-refractivity contribution >= 4 is 19.5 Å². The molecule has 0 aromatic carbocycles. The molecular weight excluding hydrogens is 377 g/mol. The molecule has 1 aliphatic heterocycles. The summed E-state index contributed by atoms with van der Waals surface area (Å²) in [6.07, 6.45) is 12.8. The molecule has 2 rings (SSSR count). The maximum atomic E-state index is 13.0. The van der Waals surface area contributed by atoms with Crippen molar-refractivity contribution in [3.63, 3.8) is 0 Å². The summed E-state index contributed by atoms with van der Waals surface area (Å²) in [5, 5.41) is 2.88. The fraction of sp³-hybridized carbons (Fsp3) is 0.600. The number of nitrogens with zero attached hydrogens (tertiary/aromatic N) is 2. The van der Waals surface area contributed by atoms with Gasteiger partial charge in [-0.2, -0.15) is 0 Å². The molecule has 2 heterocycles.